The Kier molecular flexibility index (Phi) is 3.79. The quantitative estimate of drug-likeness (QED) is 0.846. The van der Waals surface area contributed by atoms with E-state index in [2.05, 4.69) is 0 Å². The summed E-state index contributed by atoms with van der Waals surface area (Å²) in [5.41, 5.74) is 1.05. The second-order valence-corrected chi connectivity index (χ2v) is 4.97. The van der Waals surface area contributed by atoms with Crippen LogP contribution < -0.4 is 4.74 Å². The Balaban J connectivity index is 2.24. The van der Waals surface area contributed by atoms with Crippen molar-refractivity contribution >= 4 is 16.8 Å². The first-order valence-corrected chi connectivity index (χ1v) is 6.41. The summed E-state index contributed by atoms with van der Waals surface area (Å²) in [6, 6.07) is 8.09. The van der Waals surface area contributed by atoms with E-state index in [-0.39, 0.29) is 11.9 Å². The molecule has 0 aliphatic rings. The van der Waals surface area contributed by atoms with Gasteiger partial charge in [0.15, 0.2) is 0 Å². The minimum atomic E-state index is 0.114. The first-order chi connectivity index (χ1) is 9.02. The Labute approximate surface area is 113 Å². The van der Waals surface area contributed by atoms with Crippen molar-refractivity contribution in [2.45, 2.75) is 26.4 Å². The minimum Gasteiger partial charge on any atom is -0.497 e. The fourth-order valence-corrected chi connectivity index (χ4v) is 1.99. The van der Waals surface area contributed by atoms with E-state index in [1.165, 1.54) is 0 Å². The Bertz CT molecular complexity index is 587. The lowest BCUT2D eigenvalue weighted by Crippen LogP contribution is -2.35. The summed E-state index contributed by atoms with van der Waals surface area (Å²) in [5, 5.41) is 1.08. The van der Waals surface area contributed by atoms with Gasteiger partial charge in [-0.05, 0) is 38.1 Å². The first kappa shape index (κ1) is 13.5. The van der Waals surface area contributed by atoms with Gasteiger partial charge in [0.1, 0.15) is 12.3 Å². The Morgan fingerprint density at radius 3 is 2.74 bits per heavy atom. The predicted octanol–water partition coefficient (Wildman–Crippen LogP) is 2.52. The number of carbonyl (C=O) groups is 1. The van der Waals surface area contributed by atoms with Crippen LogP contribution in [0.4, 0.5) is 0 Å². The van der Waals surface area contributed by atoms with Gasteiger partial charge >= 0.3 is 0 Å². The molecule has 0 spiro atoms. The number of likely N-dealkylation sites (N-methyl/N-ethyl adjacent to an activating group) is 1. The molecule has 0 radical (unpaired) electrons. The van der Waals surface area contributed by atoms with Crippen molar-refractivity contribution in [1.82, 2.24) is 9.47 Å². The third-order valence-electron chi connectivity index (χ3n) is 3.45. The van der Waals surface area contributed by atoms with E-state index in [0.717, 1.165) is 16.7 Å². The maximum atomic E-state index is 12.1. The maximum absolute atomic E-state index is 12.1. The molecule has 0 saturated carbocycles. The fourth-order valence-electron chi connectivity index (χ4n) is 1.99. The molecule has 2 aromatic rings. The Hall–Kier alpha value is -1.97. The number of rotatable bonds is 4. The van der Waals surface area contributed by atoms with Crippen LogP contribution in [0.5, 0.6) is 5.75 Å². The van der Waals surface area contributed by atoms with Crippen molar-refractivity contribution in [2.24, 2.45) is 0 Å². The molecule has 0 unspecified atom stereocenters. The zero-order valence-electron chi connectivity index (χ0n) is 11.9. The molecule has 102 valence electrons. The second kappa shape index (κ2) is 5.34. The van der Waals surface area contributed by atoms with Crippen molar-refractivity contribution in [1.29, 1.82) is 0 Å². The van der Waals surface area contributed by atoms with Gasteiger partial charge in [0, 0.05) is 30.2 Å². The molecule has 0 fully saturated rings. The lowest BCUT2D eigenvalue weighted by molar-refractivity contribution is -0.131. The van der Waals surface area contributed by atoms with Crippen molar-refractivity contribution in [3.8, 4) is 5.75 Å². The molecule has 2 rings (SSSR count). The zero-order valence-corrected chi connectivity index (χ0v) is 11.9. The Morgan fingerprint density at radius 1 is 1.37 bits per heavy atom. The van der Waals surface area contributed by atoms with Crippen LogP contribution in [0, 0.1) is 0 Å². The number of ether oxygens (including phenoxy) is 1. The zero-order chi connectivity index (χ0) is 14.0. The molecule has 1 aromatic carbocycles. The lowest BCUT2D eigenvalue weighted by atomic mass is 10.2. The summed E-state index contributed by atoms with van der Waals surface area (Å²) < 4.78 is 7.17. The maximum Gasteiger partial charge on any atom is 0.242 e. The number of methoxy groups -OCH3 is 1. The average Bonchev–Trinajstić information content (AvgIpc) is 2.79. The summed E-state index contributed by atoms with van der Waals surface area (Å²) in [7, 11) is 3.49. The summed E-state index contributed by atoms with van der Waals surface area (Å²) in [5.74, 6) is 0.944. The van der Waals surface area contributed by atoms with Gasteiger partial charge in [-0.3, -0.25) is 4.79 Å². The molecular formula is C15H20N2O2. The smallest absolute Gasteiger partial charge is 0.242 e. The van der Waals surface area contributed by atoms with Gasteiger partial charge in [-0.15, -0.1) is 0 Å². The molecule has 4 heteroatoms. The largest absolute Gasteiger partial charge is 0.497 e. The van der Waals surface area contributed by atoms with Gasteiger partial charge in [0.05, 0.1) is 7.11 Å². The van der Waals surface area contributed by atoms with Crippen molar-refractivity contribution in [3.63, 3.8) is 0 Å². The molecule has 1 amide bonds. The highest BCUT2D eigenvalue weighted by atomic mass is 16.5. The second-order valence-electron chi connectivity index (χ2n) is 4.97. The average molecular weight is 260 g/mol. The third-order valence-corrected chi connectivity index (χ3v) is 3.45. The number of nitrogens with zero attached hydrogens (tertiary/aromatic N) is 2. The molecule has 1 aromatic heterocycles. The number of benzene rings is 1. The molecule has 0 bridgehead atoms. The van der Waals surface area contributed by atoms with Crippen molar-refractivity contribution in [3.05, 3.63) is 30.5 Å². The van der Waals surface area contributed by atoms with Gasteiger partial charge in [-0.25, -0.2) is 0 Å². The normalized spacial score (nSPS) is 11.0. The number of hydrogen-bond acceptors (Lipinski definition) is 2. The summed E-state index contributed by atoms with van der Waals surface area (Å²) in [4.78, 5) is 13.9. The summed E-state index contributed by atoms with van der Waals surface area (Å²) in [6.45, 7) is 4.39. The van der Waals surface area contributed by atoms with Crippen LogP contribution >= 0.6 is 0 Å². The molecule has 0 aliphatic carbocycles. The topological polar surface area (TPSA) is 34.5 Å². The molecule has 0 atom stereocenters. The standard InChI is InChI=1S/C15H20N2O2/c1-11(2)16(3)15(18)10-17-8-7-12-9-13(19-4)5-6-14(12)17/h5-9,11H,10H2,1-4H3. The van der Waals surface area contributed by atoms with E-state index in [1.54, 1.807) is 12.0 Å². The van der Waals surface area contributed by atoms with Crippen LogP contribution in [0.1, 0.15) is 13.8 Å². The van der Waals surface area contributed by atoms with Gasteiger partial charge in [-0.2, -0.15) is 0 Å². The third kappa shape index (κ3) is 2.72. The van der Waals surface area contributed by atoms with E-state index in [0.29, 0.717) is 6.54 Å². The predicted molar refractivity (Wildman–Crippen MR) is 76.4 cm³/mol. The fraction of sp³-hybridized carbons (Fsp3) is 0.400. The number of hydrogen-bond donors (Lipinski definition) is 0. The lowest BCUT2D eigenvalue weighted by Gasteiger charge is -2.21. The van der Waals surface area contributed by atoms with Crippen molar-refractivity contribution < 1.29 is 9.53 Å². The Morgan fingerprint density at radius 2 is 2.11 bits per heavy atom. The molecular weight excluding hydrogens is 240 g/mol. The minimum absolute atomic E-state index is 0.114. The highest BCUT2D eigenvalue weighted by Gasteiger charge is 2.13. The van der Waals surface area contributed by atoms with E-state index in [1.807, 2.05) is 55.9 Å². The van der Waals surface area contributed by atoms with E-state index >= 15 is 0 Å². The van der Waals surface area contributed by atoms with Crippen LogP contribution in [0.2, 0.25) is 0 Å². The van der Waals surface area contributed by atoms with Crippen LogP contribution in [-0.4, -0.2) is 35.6 Å². The first-order valence-electron chi connectivity index (χ1n) is 6.41. The van der Waals surface area contributed by atoms with Crippen LogP contribution in [0.25, 0.3) is 10.9 Å². The van der Waals surface area contributed by atoms with Gasteiger partial charge < -0.3 is 14.2 Å². The monoisotopic (exact) mass is 260 g/mol. The van der Waals surface area contributed by atoms with Crippen LogP contribution in [0.15, 0.2) is 30.5 Å². The van der Waals surface area contributed by atoms with Crippen molar-refractivity contribution in [2.75, 3.05) is 14.2 Å². The highest BCUT2D eigenvalue weighted by molar-refractivity contribution is 5.84. The SMILES string of the molecule is COc1ccc2c(ccn2CC(=O)N(C)C(C)C)c1. The van der Waals surface area contributed by atoms with Gasteiger partial charge in [0.25, 0.3) is 0 Å². The van der Waals surface area contributed by atoms with Gasteiger partial charge in [0.2, 0.25) is 5.91 Å². The number of fused-ring (bicyclic) bond motifs is 1. The molecule has 4 nitrogen and oxygen atoms in total. The molecule has 0 saturated heterocycles. The van der Waals surface area contributed by atoms with Gasteiger partial charge in [-0.1, -0.05) is 0 Å². The molecule has 19 heavy (non-hydrogen) atoms. The van der Waals surface area contributed by atoms with E-state index in [9.17, 15) is 4.79 Å². The number of aromatic nitrogens is 1. The highest BCUT2D eigenvalue weighted by Crippen LogP contribution is 2.21. The van der Waals surface area contributed by atoms with E-state index < -0.39 is 0 Å². The summed E-state index contributed by atoms with van der Waals surface area (Å²) >= 11 is 0. The summed E-state index contributed by atoms with van der Waals surface area (Å²) in [6.07, 6.45) is 1.94. The molecule has 0 aliphatic heterocycles. The van der Waals surface area contributed by atoms with E-state index in [4.69, 9.17) is 4.74 Å². The molecule has 0 N–H and O–H groups in total. The number of carbonyl (C=O) groups excluding carboxylic acids is 1. The van der Waals surface area contributed by atoms with Crippen LogP contribution in [0.3, 0.4) is 0 Å². The van der Waals surface area contributed by atoms with Crippen LogP contribution in [-0.2, 0) is 11.3 Å². The number of amides is 1. The molecule has 1 heterocycles.